The third kappa shape index (κ3) is 1.66. The Balaban J connectivity index is 1.88. The minimum Gasteiger partial charge on any atom is -0.508 e. The van der Waals surface area contributed by atoms with Gasteiger partial charge in [-0.3, -0.25) is 0 Å². The maximum absolute atomic E-state index is 9.85. The van der Waals surface area contributed by atoms with Crippen LogP contribution in [0.15, 0.2) is 18.2 Å². The molecule has 0 spiro atoms. The molecule has 2 heterocycles. The van der Waals surface area contributed by atoms with Crippen LogP contribution in [0.25, 0.3) is 15.5 Å². The van der Waals surface area contributed by atoms with Crippen molar-refractivity contribution in [2.45, 2.75) is 18.8 Å². The molecule has 2 aromatic heterocycles. The first kappa shape index (κ1) is 10.7. The third-order valence-electron chi connectivity index (χ3n) is 3.17. The number of phenols is 2. The van der Waals surface area contributed by atoms with Gasteiger partial charge in [-0.1, -0.05) is 11.3 Å². The Hall–Kier alpha value is -2.15. The summed E-state index contributed by atoms with van der Waals surface area (Å²) in [5.74, 6) is 1.54. The summed E-state index contributed by atoms with van der Waals surface area (Å²) < 4.78 is 1.74. The zero-order valence-corrected chi connectivity index (χ0v) is 10.6. The first-order valence-corrected chi connectivity index (χ1v) is 6.78. The van der Waals surface area contributed by atoms with E-state index in [2.05, 4.69) is 15.3 Å². The van der Waals surface area contributed by atoms with E-state index in [0.29, 0.717) is 21.4 Å². The summed E-state index contributed by atoms with van der Waals surface area (Å²) in [5, 5.41) is 32.7. The molecule has 3 aromatic rings. The molecule has 0 saturated heterocycles. The van der Waals surface area contributed by atoms with Crippen molar-refractivity contribution in [3.63, 3.8) is 0 Å². The van der Waals surface area contributed by atoms with Crippen molar-refractivity contribution in [3.8, 4) is 22.1 Å². The topological polar surface area (TPSA) is 83.5 Å². The molecule has 0 unspecified atom stereocenters. The summed E-state index contributed by atoms with van der Waals surface area (Å²) in [4.78, 5) is 0.708. The summed E-state index contributed by atoms with van der Waals surface area (Å²) in [6, 6.07) is 4.39. The molecule has 0 aliphatic heterocycles. The molecule has 1 fully saturated rings. The number of fused-ring (bicyclic) bond motifs is 1. The molecular formula is C12H10N4O2S. The lowest BCUT2D eigenvalue weighted by molar-refractivity contribution is 0.462. The van der Waals surface area contributed by atoms with E-state index >= 15 is 0 Å². The minimum atomic E-state index is 0.0933. The van der Waals surface area contributed by atoms with Gasteiger partial charge in [0, 0.05) is 5.92 Å². The van der Waals surface area contributed by atoms with Gasteiger partial charge in [-0.2, -0.15) is 9.61 Å². The van der Waals surface area contributed by atoms with E-state index in [1.54, 1.807) is 4.52 Å². The number of hydrogen-bond donors (Lipinski definition) is 2. The molecule has 0 amide bonds. The maximum atomic E-state index is 9.85. The molecule has 1 aromatic carbocycles. The first-order valence-electron chi connectivity index (χ1n) is 5.97. The fourth-order valence-electron chi connectivity index (χ4n) is 2.03. The van der Waals surface area contributed by atoms with Crippen LogP contribution < -0.4 is 0 Å². The van der Waals surface area contributed by atoms with Crippen molar-refractivity contribution in [2.24, 2.45) is 0 Å². The monoisotopic (exact) mass is 274 g/mol. The van der Waals surface area contributed by atoms with Crippen molar-refractivity contribution in [2.75, 3.05) is 0 Å². The summed E-state index contributed by atoms with van der Waals surface area (Å²) >= 11 is 1.35. The summed E-state index contributed by atoms with van der Waals surface area (Å²) in [6.45, 7) is 0. The highest BCUT2D eigenvalue weighted by atomic mass is 32.1. The summed E-state index contributed by atoms with van der Waals surface area (Å²) in [7, 11) is 0. The SMILES string of the molecule is Oc1ccc(O)c(-c2nn3c(C4CC4)nnc3s2)c1. The normalized spacial score (nSPS) is 15.2. The average molecular weight is 274 g/mol. The molecule has 0 atom stereocenters. The Labute approximate surface area is 112 Å². The number of hydrogen-bond acceptors (Lipinski definition) is 6. The lowest BCUT2D eigenvalue weighted by atomic mass is 10.2. The van der Waals surface area contributed by atoms with Crippen molar-refractivity contribution in [3.05, 3.63) is 24.0 Å². The van der Waals surface area contributed by atoms with Crippen LogP contribution in [0.2, 0.25) is 0 Å². The predicted molar refractivity (Wildman–Crippen MR) is 69.4 cm³/mol. The van der Waals surface area contributed by atoms with E-state index in [-0.39, 0.29) is 11.5 Å². The molecule has 2 N–H and O–H groups in total. The average Bonchev–Trinajstić information content (AvgIpc) is 3.01. The Kier molecular flexibility index (Phi) is 2.08. The van der Waals surface area contributed by atoms with Crippen LogP contribution in [-0.2, 0) is 0 Å². The van der Waals surface area contributed by atoms with Crippen LogP contribution in [0.5, 0.6) is 11.5 Å². The third-order valence-corrected chi connectivity index (χ3v) is 4.10. The van der Waals surface area contributed by atoms with E-state index in [0.717, 1.165) is 18.7 Å². The molecule has 1 aliphatic rings. The first-order chi connectivity index (χ1) is 9.22. The van der Waals surface area contributed by atoms with Gasteiger partial charge in [-0.05, 0) is 31.0 Å². The molecule has 1 saturated carbocycles. The van der Waals surface area contributed by atoms with Gasteiger partial charge in [-0.15, -0.1) is 10.2 Å². The highest BCUT2D eigenvalue weighted by molar-refractivity contribution is 7.19. The number of nitrogens with zero attached hydrogens (tertiary/aromatic N) is 4. The number of benzene rings is 1. The van der Waals surface area contributed by atoms with Gasteiger partial charge in [0.05, 0.1) is 5.56 Å². The van der Waals surface area contributed by atoms with Gasteiger partial charge in [0.1, 0.15) is 11.5 Å². The van der Waals surface area contributed by atoms with E-state index in [1.807, 2.05) is 0 Å². The van der Waals surface area contributed by atoms with Crippen LogP contribution in [0.1, 0.15) is 24.6 Å². The van der Waals surface area contributed by atoms with E-state index in [9.17, 15) is 10.2 Å². The van der Waals surface area contributed by atoms with Gasteiger partial charge >= 0.3 is 0 Å². The van der Waals surface area contributed by atoms with Gasteiger partial charge in [-0.25, -0.2) is 0 Å². The van der Waals surface area contributed by atoms with Crippen molar-refractivity contribution >= 4 is 16.3 Å². The van der Waals surface area contributed by atoms with Crippen LogP contribution in [-0.4, -0.2) is 30.0 Å². The second-order valence-corrected chi connectivity index (χ2v) is 5.59. The second kappa shape index (κ2) is 3.67. The predicted octanol–water partition coefficient (Wildman–Crippen LogP) is 2.14. The van der Waals surface area contributed by atoms with E-state index < -0.39 is 0 Å². The molecule has 19 heavy (non-hydrogen) atoms. The fourth-order valence-corrected chi connectivity index (χ4v) is 2.90. The molecule has 1 aliphatic carbocycles. The fraction of sp³-hybridized carbons (Fsp3) is 0.250. The molecule has 0 radical (unpaired) electrons. The van der Waals surface area contributed by atoms with E-state index in [1.165, 1.54) is 29.5 Å². The molecule has 96 valence electrons. The van der Waals surface area contributed by atoms with Crippen LogP contribution in [0, 0.1) is 0 Å². The van der Waals surface area contributed by atoms with Crippen molar-refractivity contribution < 1.29 is 10.2 Å². The Morgan fingerprint density at radius 3 is 2.84 bits per heavy atom. The molecule has 0 bridgehead atoms. The van der Waals surface area contributed by atoms with Crippen molar-refractivity contribution in [1.29, 1.82) is 0 Å². The van der Waals surface area contributed by atoms with Crippen LogP contribution in [0.4, 0.5) is 0 Å². The molecule has 7 heteroatoms. The lowest BCUT2D eigenvalue weighted by Gasteiger charge is -2.00. The van der Waals surface area contributed by atoms with Crippen LogP contribution in [0.3, 0.4) is 0 Å². The Morgan fingerprint density at radius 1 is 1.21 bits per heavy atom. The Morgan fingerprint density at radius 2 is 2.05 bits per heavy atom. The number of aromatic nitrogens is 4. The van der Waals surface area contributed by atoms with Gasteiger partial charge in [0.25, 0.3) is 0 Å². The highest BCUT2D eigenvalue weighted by Gasteiger charge is 2.30. The number of phenolic OH excluding ortho intramolecular Hbond substituents is 2. The van der Waals surface area contributed by atoms with Crippen LogP contribution >= 0.6 is 11.3 Å². The zero-order valence-electron chi connectivity index (χ0n) is 9.82. The quantitative estimate of drug-likeness (QED) is 0.699. The van der Waals surface area contributed by atoms with E-state index in [4.69, 9.17) is 0 Å². The van der Waals surface area contributed by atoms with Gasteiger partial charge in [0.15, 0.2) is 10.8 Å². The smallest absolute Gasteiger partial charge is 0.234 e. The largest absolute Gasteiger partial charge is 0.508 e. The Bertz CT molecular complexity index is 775. The maximum Gasteiger partial charge on any atom is 0.234 e. The minimum absolute atomic E-state index is 0.0933. The second-order valence-electron chi connectivity index (χ2n) is 4.64. The summed E-state index contributed by atoms with van der Waals surface area (Å²) in [5.41, 5.74) is 0.511. The lowest BCUT2D eigenvalue weighted by Crippen LogP contribution is -1.93. The van der Waals surface area contributed by atoms with Gasteiger partial charge in [0.2, 0.25) is 4.96 Å². The molecule has 4 rings (SSSR count). The molecule has 6 nitrogen and oxygen atoms in total. The molecular weight excluding hydrogens is 264 g/mol. The number of aromatic hydroxyl groups is 2. The summed E-state index contributed by atoms with van der Waals surface area (Å²) in [6.07, 6.45) is 2.26. The van der Waals surface area contributed by atoms with Crippen molar-refractivity contribution in [1.82, 2.24) is 19.8 Å². The number of rotatable bonds is 2. The highest BCUT2D eigenvalue weighted by Crippen LogP contribution is 2.40. The standard InChI is InChI=1S/C12H10N4O2S/c17-7-3-4-9(18)8(5-7)11-15-16-10(6-1-2-6)13-14-12(16)19-11/h3-6,17-18H,1-2H2. The van der Waals surface area contributed by atoms with Gasteiger partial charge < -0.3 is 10.2 Å². The zero-order chi connectivity index (χ0) is 13.0.